The van der Waals surface area contributed by atoms with Gasteiger partial charge in [0.1, 0.15) is 11.6 Å². The molecule has 0 amide bonds. The summed E-state index contributed by atoms with van der Waals surface area (Å²) in [5, 5.41) is 33.8. The number of rotatable bonds is 2. The summed E-state index contributed by atoms with van der Waals surface area (Å²) in [7, 11) is 3.40. The molecule has 1 saturated carbocycles. The van der Waals surface area contributed by atoms with Crippen LogP contribution in [0.4, 0.5) is 11.6 Å². The summed E-state index contributed by atoms with van der Waals surface area (Å²) in [5.74, 6) is -0.590. The fraction of sp³-hybridized carbons (Fsp3) is 0.571. The molecule has 0 unspecified atom stereocenters. The Morgan fingerprint density at radius 1 is 0.818 bits per heavy atom. The molecule has 2 aromatic rings. The highest BCUT2D eigenvalue weighted by molar-refractivity contribution is 5.54. The lowest BCUT2D eigenvalue weighted by molar-refractivity contribution is -0.536. The first kappa shape index (κ1) is 14.9. The molecular formula is C14H20N6O2-2. The molecule has 22 heavy (non-hydrogen) atoms. The van der Waals surface area contributed by atoms with E-state index in [4.69, 9.17) is 11.5 Å². The van der Waals surface area contributed by atoms with Crippen LogP contribution >= 0.6 is 0 Å². The number of nitrogen functional groups attached to an aromatic ring is 2. The second-order valence-corrected chi connectivity index (χ2v) is 6.00. The van der Waals surface area contributed by atoms with Crippen molar-refractivity contribution in [3.63, 3.8) is 0 Å². The molecular weight excluding hydrogens is 284 g/mol. The summed E-state index contributed by atoms with van der Waals surface area (Å²) >= 11 is 0. The predicted molar refractivity (Wildman–Crippen MR) is 77.8 cm³/mol. The van der Waals surface area contributed by atoms with E-state index in [0.29, 0.717) is 34.2 Å². The molecule has 1 fully saturated rings. The van der Waals surface area contributed by atoms with Crippen LogP contribution in [0.25, 0.3) is 0 Å². The Labute approximate surface area is 128 Å². The first-order chi connectivity index (χ1) is 10.3. The summed E-state index contributed by atoms with van der Waals surface area (Å²) < 4.78 is 3.00. The minimum Gasteiger partial charge on any atom is -0.851 e. The van der Waals surface area contributed by atoms with Crippen molar-refractivity contribution in [1.29, 1.82) is 0 Å². The second kappa shape index (κ2) is 4.72. The quantitative estimate of drug-likeness (QED) is 0.677. The third kappa shape index (κ3) is 1.77. The van der Waals surface area contributed by atoms with Crippen molar-refractivity contribution >= 4 is 11.6 Å². The number of nitrogens with two attached hydrogens (primary N) is 2. The molecule has 0 spiro atoms. The smallest absolute Gasteiger partial charge is 0.125 e. The van der Waals surface area contributed by atoms with Crippen LogP contribution in [-0.4, -0.2) is 31.8 Å². The molecule has 3 rings (SSSR count). The minimum atomic E-state index is -1.09. The molecule has 2 heterocycles. The van der Waals surface area contributed by atoms with Gasteiger partial charge in [-0.2, -0.15) is 10.2 Å². The maximum atomic E-state index is 12.7. The van der Waals surface area contributed by atoms with Crippen molar-refractivity contribution in [1.82, 2.24) is 19.6 Å². The summed E-state index contributed by atoms with van der Waals surface area (Å²) in [6, 6.07) is 0. The van der Waals surface area contributed by atoms with Crippen LogP contribution in [0.2, 0.25) is 0 Å². The van der Waals surface area contributed by atoms with Gasteiger partial charge >= 0.3 is 0 Å². The zero-order chi connectivity index (χ0) is 16.3. The molecule has 4 N–H and O–H groups in total. The normalized spacial score (nSPS) is 27.9. The van der Waals surface area contributed by atoms with Crippen molar-refractivity contribution in [2.24, 2.45) is 14.1 Å². The van der Waals surface area contributed by atoms with Crippen molar-refractivity contribution < 1.29 is 10.2 Å². The molecule has 1 aliphatic carbocycles. The Balaban J connectivity index is 1.98. The number of nitrogens with zero attached hydrogens (tertiary/aromatic N) is 4. The zero-order valence-corrected chi connectivity index (χ0v) is 13.1. The summed E-state index contributed by atoms with van der Waals surface area (Å²) in [6.07, 6.45) is -2.17. The highest BCUT2D eigenvalue weighted by Gasteiger charge is 2.43. The first-order valence-electron chi connectivity index (χ1n) is 7.15. The highest BCUT2D eigenvalue weighted by Crippen LogP contribution is 2.49. The van der Waals surface area contributed by atoms with Crippen molar-refractivity contribution in [2.45, 2.75) is 37.9 Å². The summed E-state index contributed by atoms with van der Waals surface area (Å²) in [5.41, 5.74) is 14.4. The number of anilines is 2. The monoisotopic (exact) mass is 304 g/mol. The van der Waals surface area contributed by atoms with Crippen LogP contribution in [-0.2, 0) is 14.1 Å². The maximum Gasteiger partial charge on any atom is 0.125 e. The zero-order valence-electron chi connectivity index (χ0n) is 13.1. The third-order valence-electron chi connectivity index (χ3n) is 4.71. The fourth-order valence-corrected chi connectivity index (χ4v) is 3.54. The molecule has 8 heteroatoms. The van der Waals surface area contributed by atoms with Gasteiger partial charge in [-0.15, -0.1) is 12.2 Å². The predicted octanol–water partition coefficient (Wildman–Crippen LogP) is -1.73. The van der Waals surface area contributed by atoms with Crippen LogP contribution in [0, 0.1) is 13.8 Å². The van der Waals surface area contributed by atoms with Crippen LogP contribution in [0.3, 0.4) is 0 Å². The molecule has 0 aromatic carbocycles. The number of hydrogen-bond acceptors (Lipinski definition) is 6. The Morgan fingerprint density at radius 2 is 1.14 bits per heavy atom. The van der Waals surface area contributed by atoms with E-state index in [-0.39, 0.29) is 0 Å². The SMILES string of the molecule is Cc1nn(C)c(N)c1C1C([O-])C(c2c(C)nn(C)c2N)C1[O-]. The Morgan fingerprint density at radius 3 is 1.36 bits per heavy atom. The molecule has 0 aliphatic heterocycles. The van der Waals surface area contributed by atoms with E-state index in [1.54, 1.807) is 27.9 Å². The maximum absolute atomic E-state index is 12.7. The first-order valence-corrected chi connectivity index (χ1v) is 7.15. The van der Waals surface area contributed by atoms with E-state index in [0.717, 1.165) is 0 Å². The van der Waals surface area contributed by atoms with Gasteiger partial charge in [-0.3, -0.25) is 9.36 Å². The molecule has 120 valence electrons. The Bertz CT molecular complexity index is 664. The largest absolute Gasteiger partial charge is 0.851 e. The molecule has 1 aliphatic rings. The molecule has 2 aromatic heterocycles. The molecule has 8 nitrogen and oxygen atoms in total. The number of aromatic nitrogens is 4. The van der Waals surface area contributed by atoms with E-state index >= 15 is 0 Å². The Kier molecular flexibility index (Phi) is 3.19. The highest BCUT2D eigenvalue weighted by atomic mass is 16.3. The second-order valence-electron chi connectivity index (χ2n) is 6.00. The molecule has 0 atom stereocenters. The van der Waals surface area contributed by atoms with Crippen LogP contribution in [0.15, 0.2) is 0 Å². The van der Waals surface area contributed by atoms with Crippen LogP contribution < -0.4 is 21.7 Å². The topological polar surface area (TPSA) is 134 Å². The van der Waals surface area contributed by atoms with Gasteiger partial charge in [0.25, 0.3) is 0 Å². The van der Waals surface area contributed by atoms with Gasteiger partial charge in [0, 0.05) is 25.2 Å². The van der Waals surface area contributed by atoms with Gasteiger partial charge in [-0.1, -0.05) is 0 Å². The van der Waals surface area contributed by atoms with Gasteiger partial charge in [-0.05, 0) is 25.7 Å². The summed E-state index contributed by atoms with van der Waals surface area (Å²) in [6.45, 7) is 3.53. The van der Waals surface area contributed by atoms with Crippen molar-refractivity contribution in [3.05, 3.63) is 22.5 Å². The van der Waals surface area contributed by atoms with E-state index in [9.17, 15) is 10.2 Å². The average Bonchev–Trinajstić information content (AvgIpc) is 2.83. The van der Waals surface area contributed by atoms with Crippen LogP contribution in [0.1, 0.15) is 34.4 Å². The van der Waals surface area contributed by atoms with Gasteiger partial charge in [0.05, 0.1) is 11.4 Å². The van der Waals surface area contributed by atoms with Crippen molar-refractivity contribution in [2.75, 3.05) is 11.5 Å². The van der Waals surface area contributed by atoms with E-state index in [1.807, 2.05) is 0 Å². The molecule has 0 bridgehead atoms. The number of aryl methyl sites for hydroxylation is 4. The average molecular weight is 304 g/mol. The van der Waals surface area contributed by atoms with Gasteiger partial charge in [0.2, 0.25) is 0 Å². The lowest BCUT2D eigenvalue weighted by atomic mass is 9.63. The van der Waals surface area contributed by atoms with Gasteiger partial charge in [0.15, 0.2) is 0 Å². The molecule has 0 radical (unpaired) electrons. The van der Waals surface area contributed by atoms with E-state index in [2.05, 4.69) is 10.2 Å². The number of hydrogen-bond donors (Lipinski definition) is 2. The van der Waals surface area contributed by atoms with Crippen LogP contribution in [0.5, 0.6) is 0 Å². The standard InChI is InChI=1S/C14H20N6O2/c1-5-7(13(15)19(3)17-5)9-11(21)10(12(9)22)8-6(2)18-20(4)14(8)16/h9-12H,15-16H2,1-4H3/q-2. The molecule has 0 saturated heterocycles. The van der Waals surface area contributed by atoms with Gasteiger partial charge < -0.3 is 21.7 Å². The van der Waals surface area contributed by atoms with E-state index < -0.39 is 24.0 Å². The van der Waals surface area contributed by atoms with Crippen molar-refractivity contribution in [3.8, 4) is 0 Å². The minimum absolute atomic E-state index is 0.388. The van der Waals surface area contributed by atoms with Gasteiger partial charge in [-0.25, -0.2) is 0 Å². The van der Waals surface area contributed by atoms with E-state index in [1.165, 1.54) is 9.36 Å². The Hall–Kier alpha value is -2.06. The third-order valence-corrected chi connectivity index (χ3v) is 4.71. The lowest BCUT2D eigenvalue weighted by Gasteiger charge is -2.61. The fourth-order valence-electron chi connectivity index (χ4n) is 3.54. The lowest BCUT2D eigenvalue weighted by Crippen LogP contribution is -2.64. The summed E-state index contributed by atoms with van der Waals surface area (Å²) in [4.78, 5) is 0.